The van der Waals surface area contributed by atoms with Gasteiger partial charge in [0.2, 0.25) is 0 Å². The maximum absolute atomic E-state index is 10.9. The van der Waals surface area contributed by atoms with Crippen LogP contribution in [-0.4, -0.2) is 11.1 Å². The molecule has 0 atom stereocenters. The molecule has 1 heterocycles. The van der Waals surface area contributed by atoms with E-state index >= 15 is 0 Å². The molecule has 15 heavy (non-hydrogen) atoms. The predicted octanol–water partition coefficient (Wildman–Crippen LogP) is 3.57. The first-order chi connectivity index (χ1) is 7.22. The lowest BCUT2D eigenvalue weighted by Crippen LogP contribution is -1.96. The molecule has 4 heteroatoms. The third-order valence-electron chi connectivity index (χ3n) is 2.03. The van der Waals surface area contributed by atoms with E-state index in [2.05, 4.69) is 0 Å². The number of hydrogen-bond acceptors (Lipinski definition) is 2. The second-order valence-electron chi connectivity index (χ2n) is 2.98. The highest BCUT2D eigenvalue weighted by Gasteiger charge is 2.12. The van der Waals surface area contributed by atoms with E-state index in [9.17, 15) is 4.79 Å². The van der Waals surface area contributed by atoms with E-state index in [0.717, 1.165) is 15.6 Å². The molecule has 0 unspecified atom stereocenters. The van der Waals surface area contributed by atoms with Crippen LogP contribution in [0.2, 0.25) is 0 Å². The molecular weight excluding hydrogens is 232 g/mol. The maximum atomic E-state index is 10.9. The molecule has 0 spiro atoms. The number of fused-ring (bicyclic) bond motifs is 1. The van der Waals surface area contributed by atoms with Gasteiger partial charge in [-0.15, -0.1) is 11.3 Å². The lowest BCUT2D eigenvalue weighted by molar-refractivity contribution is -0.130. The summed E-state index contributed by atoms with van der Waals surface area (Å²) in [6.07, 6.45) is 0. The molecule has 0 aliphatic carbocycles. The quantitative estimate of drug-likeness (QED) is 0.813. The van der Waals surface area contributed by atoms with E-state index in [1.165, 1.54) is 11.3 Å². The fourth-order valence-corrected chi connectivity index (χ4v) is 2.67. The van der Waals surface area contributed by atoms with Crippen molar-refractivity contribution in [2.45, 2.75) is 0 Å². The number of hydrogen-bond donors (Lipinski definition) is 1. The third kappa shape index (κ3) is 1.89. The van der Waals surface area contributed by atoms with Crippen LogP contribution in [0.4, 0.5) is 0 Å². The molecule has 0 aliphatic heterocycles. The number of carboxylic acid groups (broad SMARTS) is 1. The van der Waals surface area contributed by atoms with Crippen LogP contribution in [0.25, 0.3) is 15.7 Å². The Morgan fingerprint density at radius 3 is 2.73 bits per heavy atom. The number of carbonyl (C=O) groups is 1. The Hall–Kier alpha value is -1.32. The van der Waals surface area contributed by atoms with E-state index in [0.29, 0.717) is 4.88 Å². The first-order valence-corrected chi connectivity index (χ1v) is 5.50. The summed E-state index contributed by atoms with van der Waals surface area (Å²) < 4.78 is 1.06. The summed E-state index contributed by atoms with van der Waals surface area (Å²) in [5.74, 6) is -1.00. The summed E-state index contributed by atoms with van der Waals surface area (Å²) in [5.41, 5.74) is 1.24. The van der Waals surface area contributed by atoms with Crippen LogP contribution >= 0.6 is 22.9 Å². The van der Waals surface area contributed by atoms with Crippen molar-refractivity contribution in [1.29, 1.82) is 0 Å². The zero-order valence-electron chi connectivity index (χ0n) is 7.61. The Morgan fingerprint density at radius 1 is 1.40 bits per heavy atom. The minimum atomic E-state index is -1.00. The third-order valence-corrected chi connectivity index (χ3v) is 3.40. The van der Waals surface area contributed by atoms with E-state index < -0.39 is 5.97 Å². The Balaban J connectivity index is 2.58. The van der Waals surface area contributed by atoms with Gasteiger partial charge in [0.25, 0.3) is 0 Å². The molecule has 1 N–H and O–H groups in total. The van der Waals surface area contributed by atoms with Crippen molar-refractivity contribution in [3.63, 3.8) is 0 Å². The number of carboxylic acids is 1. The van der Waals surface area contributed by atoms with Gasteiger partial charge in [-0.25, -0.2) is 4.79 Å². The van der Waals surface area contributed by atoms with Gasteiger partial charge >= 0.3 is 5.97 Å². The normalized spacial score (nSPS) is 11.9. The van der Waals surface area contributed by atoms with Crippen LogP contribution in [0.3, 0.4) is 0 Å². The van der Waals surface area contributed by atoms with Crippen molar-refractivity contribution < 1.29 is 9.90 Å². The minimum Gasteiger partial charge on any atom is -0.478 e. The van der Waals surface area contributed by atoms with Crippen molar-refractivity contribution in [1.82, 2.24) is 0 Å². The fraction of sp³-hybridized carbons (Fsp3) is 0. The van der Waals surface area contributed by atoms with Crippen LogP contribution in [0.15, 0.2) is 35.9 Å². The van der Waals surface area contributed by atoms with E-state index in [1.807, 2.05) is 30.3 Å². The molecule has 0 aliphatic rings. The Kier molecular flexibility index (Phi) is 2.75. The molecule has 0 amide bonds. The number of halogens is 1. The zero-order chi connectivity index (χ0) is 10.8. The smallest absolute Gasteiger partial charge is 0.338 e. The number of aliphatic carboxylic acids is 1. The largest absolute Gasteiger partial charge is 0.478 e. The van der Waals surface area contributed by atoms with Crippen molar-refractivity contribution in [2.24, 2.45) is 0 Å². The van der Waals surface area contributed by atoms with Gasteiger partial charge in [-0.1, -0.05) is 29.8 Å². The van der Waals surface area contributed by atoms with Crippen molar-refractivity contribution in [2.75, 3.05) is 0 Å². The Bertz CT molecular complexity index is 509. The van der Waals surface area contributed by atoms with Crippen molar-refractivity contribution >= 4 is 44.6 Å². The van der Waals surface area contributed by atoms with Gasteiger partial charge in [-0.3, -0.25) is 0 Å². The molecule has 2 nitrogen and oxygen atoms in total. The van der Waals surface area contributed by atoms with Gasteiger partial charge in [-0.05, 0) is 17.5 Å². The molecule has 0 radical (unpaired) electrons. The molecular formula is C11H7ClO2S. The van der Waals surface area contributed by atoms with Gasteiger partial charge in [0, 0.05) is 15.1 Å². The molecule has 1 aromatic carbocycles. The summed E-state index contributed by atoms with van der Waals surface area (Å²) in [6.45, 7) is 0. The molecule has 0 saturated heterocycles. The molecule has 0 saturated carbocycles. The first-order valence-electron chi connectivity index (χ1n) is 4.25. The number of rotatable bonds is 2. The van der Waals surface area contributed by atoms with Crippen LogP contribution in [0.5, 0.6) is 0 Å². The molecule has 2 rings (SSSR count). The second kappa shape index (κ2) is 4.04. The SMILES string of the molecule is O=C(O)C(=CCl)c1cc2ccccc2s1. The predicted molar refractivity (Wildman–Crippen MR) is 63.3 cm³/mol. The number of benzene rings is 1. The number of thiophene rings is 1. The van der Waals surface area contributed by atoms with E-state index in [1.54, 1.807) is 0 Å². The topological polar surface area (TPSA) is 37.3 Å². The lowest BCUT2D eigenvalue weighted by atomic mass is 10.2. The van der Waals surface area contributed by atoms with Gasteiger partial charge in [0.05, 0.1) is 5.57 Å². The molecule has 0 bridgehead atoms. The van der Waals surface area contributed by atoms with Crippen LogP contribution in [0.1, 0.15) is 4.88 Å². The Labute approximate surface area is 95.4 Å². The standard InChI is InChI=1S/C11H7ClO2S/c12-6-8(11(13)14)10-5-7-3-1-2-4-9(7)15-10/h1-6H,(H,13,14). The van der Waals surface area contributed by atoms with E-state index in [-0.39, 0.29) is 5.57 Å². The van der Waals surface area contributed by atoms with E-state index in [4.69, 9.17) is 16.7 Å². The molecule has 2 aromatic rings. The molecule has 76 valence electrons. The lowest BCUT2D eigenvalue weighted by Gasteiger charge is -1.93. The van der Waals surface area contributed by atoms with Crippen molar-refractivity contribution in [3.8, 4) is 0 Å². The summed E-state index contributed by atoms with van der Waals surface area (Å²) in [6, 6.07) is 9.58. The minimum absolute atomic E-state index is 0.137. The van der Waals surface area contributed by atoms with Crippen LogP contribution in [-0.2, 0) is 4.79 Å². The monoisotopic (exact) mass is 238 g/mol. The van der Waals surface area contributed by atoms with Crippen LogP contribution in [0, 0.1) is 0 Å². The van der Waals surface area contributed by atoms with Gasteiger partial charge in [0.15, 0.2) is 0 Å². The Morgan fingerprint density at radius 2 is 2.13 bits per heavy atom. The summed E-state index contributed by atoms with van der Waals surface area (Å²) in [4.78, 5) is 11.5. The fourth-order valence-electron chi connectivity index (χ4n) is 1.32. The highest BCUT2D eigenvalue weighted by atomic mass is 35.5. The molecule has 1 aromatic heterocycles. The van der Waals surface area contributed by atoms with Gasteiger partial charge in [-0.2, -0.15) is 0 Å². The average molecular weight is 239 g/mol. The summed E-state index contributed by atoms with van der Waals surface area (Å²) in [7, 11) is 0. The highest BCUT2D eigenvalue weighted by Crippen LogP contribution is 2.30. The van der Waals surface area contributed by atoms with Gasteiger partial charge in [0.1, 0.15) is 0 Å². The van der Waals surface area contributed by atoms with Crippen molar-refractivity contribution in [3.05, 3.63) is 40.7 Å². The van der Waals surface area contributed by atoms with Crippen LogP contribution < -0.4 is 0 Å². The highest BCUT2D eigenvalue weighted by molar-refractivity contribution is 7.20. The maximum Gasteiger partial charge on any atom is 0.338 e. The second-order valence-corrected chi connectivity index (χ2v) is 4.28. The summed E-state index contributed by atoms with van der Waals surface area (Å²) >= 11 is 6.91. The summed E-state index contributed by atoms with van der Waals surface area (Å²) in [5, 5.41) is 9.94. The average Bonchev–Trinajstić information content (AvgIpc) is 2.61. The zero-order valence-corrected chi connectivity index (χ0v) is 9.18. The molecule has 0 fully saturated rings. The van der Waals surface area contributed by atoms with Gasteiger partial charge < -0.3 is 5.11 Å². The first kappa shape index (κ1) is 10.2.